The predicted octanol–water partition coefficient (Wildman–Crippen LogP) is 2.30. The number of carboxylic acids is 1. The van der Waals surface area contributed by atoms with E-state index in [0.717, 1.165) is 12.3 Å². The second-order valence-corrected chi connectivity index (χ2v) is 2.98. The molecule has 76 valence electrons. The van der Waals surface area contributed by atoms with E-state index in [2.05, 4.69) is 4.98 Å². The van der Waals surface area contributed by atoms with Gasteiger partial charge in [0.2, 0.25) is 0 Å². The van der Waals surface area contributed by atoms with Crippen molar-refractivity contribution in [3.63, 3.8) is 0 Å². The van der Waals surface area contributed by atoms with Crippen LogP contribution in [0.2, 0.25) is 5.02 Å². The molecule has 0 unspecified atom stereocenters. The van der Waals surface area contributed by atoms with Crippen LogP contribution in [0, 0.1) is 0 Å². The molecule has 14 heavy (non-hydrogen) atoms. The van der Waals surface area contributed by atoms with Gasteiger partial charge in [-0.2, -0.15) is 0 Å². The summed E-state index contributed by atoms with van der Waals surface area (Å²) in [5.41, 5.74) is -0.229. The van der Waals surface area contributed by atoms with Crippen molar-refractivity contribution in [2.24, 2.45) is 0 Å². The second-order valence-electron chi connectivity index (χ2n) is 2.57. The van der Waals surface area contributed by atoms with E-state index in [1.165, 1.54) is 0 Å². The minimum Gasteiger partial charge on any atom is -0.481 e. The lowest BCUT2D eigenvalue weighted by Gasteiger charge is -2.03. The highest BCUT2D eigenvalue weighted by molar-refractivity contribution is 6.31. The van der Waals surface area contributed by atoms with Gasteiger partial charge < -0.3 is 5.11 Å². The van der Waals surface area contributed by atoms with Gasteiger partial charge in [0.05, 0.1) is 22.7 Å². The van der Waals surface area contributed by atoms with Gasteiger partial charge in [-0.3, -0.25) is 9.78 Å². The maximum absolute atomic E-state index is 12.2. The lowest BCUT2D eigenvalue weighted by molar-refractivity contribution is -0.136. The van der Waals surface area contributed by atoms with Crippen LogP contribution < -0.4 is 0 Å². The molecule has 0 aliphatic heterocycles. The fraction of sp³-hybridized carbons (Fsp3) is 0.250. The Kier molecular flexibility index (Phi) is 3.35. The maximum Gasteiger partial charge on any atom is 0.309 e. The Morgan fingerprint density at radius 3 is 2.71 bits per heavy atom. The SMILES string of the molecule is O=C(O)Cc1cc(Cl)c(C(F)F)cn1. The van der Waals surface area contributed by atoms with Crippen molar-refractivity contribution < 1.29 is 18.7 Å². The first-order valence-electron chi connectivity index (χ1n) is 3.65. The fourth-order valence-corrected chi connectivity index (χ4v) is 1.15. The third kappa shape index (κ3) is 2.63. The van der Waals surface area contributed by atoms with Crippen molar-refractivity contribution in [1.29, 1.82) is 0 Å². The largest absolute Gasteiger partial charge is 0.481 e. The second kappa shape index (κ2) is 4.32. The van der Waals surface area contributed by atoms with Crippen LogP contribution in [0.5, 0.6) is 0 Å². The zero-order valence-electron chi connectivity index (χ0n) is 6.88. The summed E-state index contributed by atoms with van der Waals surface area (Å²) in [5.74, 6) is -1.08. The van der Waals surface area contributed by atoms with Gasteiger partial charge in [0.1, 0.15) is 0 Å². The number of hydrogen-bond acceptors (Lipinski definition) is 2. The molecule has 0 fully saturated rings. The van der Waals surface area contributed by atoms with Crippen LogP contribution in [-0.4, -0.2) is 16.1 Å². The van der Waals surface area contributed by atoms with E-state index in [0.29, 0.717) is 0 Å². The zero-order valence-corrected chi connectivity index (χ0v) is 7.63. The normalized spacial score (nSPS) is 10.6. The third-order valence-corrected chi connectivity index (χ3v) is 1.83. The van der Waals surface area contributed by atoms with Crippen molar-refractivity contribution in [1.82, 2.24) is 4.98 Å². The monoisotopic (exact) mass is 221 g/mol. The van der Waals surface area contributed by atoms with Gasteiger partial charge in [0.25, 0.3) is 6.43 Å². The Morgan fingerprint density at radius 2 is 2.29 bits per heavy atom. The molecule has 1 rings (SSSR count). The molecule has 1 heterocycles. The standard InChI is InChI=1S/C8H6ClF2NO2/c9-6-1-4(2-7(13)14)12-3-5(6)8(10)11/h1,3,8H,2H2,(H,13,14). The first-order chi connectivity index (χ1) is 6.50. The Bertz CT molecular complexity index is 357. The van der Waals surface area contributed by atoms with Crippen molar-refractivity contribution in [3.05, 3.63) is 28.5 Å². The summed E-state index contributed by atoms with van der Waals surface area (Å²) >= 11 is 5.49. The van der Waals surface area contributed by atoms with E-state index in [4.69, 9.17) is 16.7 Å². The number of rotatable bonds is 3. The Morgan fingerprint density at radius 1 is 1.64 bits per heavy atom. The summed E-state index contributed by atoms with van der Waals surface area (Å²) in [6, 6.07) is 1.14. The molecule has 0 spiro atoms. The van der Waals surface area contributed by atoms with Crippen LogP contribution >= 0.6 is 11.6 Å². The van der Waals surface area contributed by atoms with E-state index in [9.17, 15) is 13.6 Å². The van der Waals surface area contributed by atoms with Gasteiger partial charge in [0.15, 0.2) is 0 Å². The van der Waals surface area contributed by atoms with E-state index in [1.54, 1.807) is 0 Å². The molecule has 0 bridgehead atoms. The quantitative estimate of drug-likeness (QED) is 0.852. The number of aromatic nitrogens is 1. The molecule has 0 atom stereocenters. The fourth-order valence-electron chi connectivity index (χ4n) is 0.893. The molecule has 0 amide bonds. The van der Waals surface area contributed by atoms with Gasteiger partial charge in [-0.15, -0.1) is 0 Å². The summed E-state index contributed by atoms with van der Waals surface area (Å²) in [6.45, 7) is 0. The lowest BCUT2D eigenvalue weighted by atomic mass is 10.2. The summed E-state index contributed by atoms with van der Waals surface area (Å²) < 4.78 is 24.4. The summed E-state index contributed by atoms with van der Waals surface area (Å²) in [6.07, 6.45) is -2.14. The number of carbonyl (C=O) groups is 1. The average molecular weight is 222 g/mol. The molecule has 0 aliphatic rings. The highest BCUT2D eigenvalue weighted by Gasteiger charge is 2.13. The van der Waals surface area contributed by atoms with Crippen LogP contribution in [0.4, 0.5) is 8.78 Å². The van der Waals surface area contributed by atoms with Crippen molar-refractivity contribution in [2.45, 2.75) is 12.8 Å². The molecule has 3 nitrogen and oxygen atoms in total. The van der Waals surface area contributed by atoms with Crippen LogP contribution in [0.1, 0.15) is 17.7 Å². The zero-order chi connectivity index (χ0) is 10.7. The molecule has 6 heteroatoms. The molecular formula is C8H6ClF2NO2. The number of alkyl halides is 2. The summed E-state index contributed by atoms with van der Waals surface area (Å²) in [4.78, 5) is 13.8. The van der Waals surface area contributed by atoms with E-state index in [1.807, 2.05) is 0 Å². The number of halogens is 3. The lowest BCUT2D eigenvalue weighted by Crippen LogP contribution is -2.03. The molecule has 0 saturated carbocycles. The molecule has 1 N–H and O–H groups in total. The molecule has 0 aliphatic carbocycles. The highest BCUT2D eigenvalue weighted by atomic mass is 35.5. The van der Waals surface area contributed by atoms with Crippen LogP contribution in [0.25, 0.3) is 0 Å². The Hall–Kier alpha value is -1.23. The average Bonchev–Trinajstić information content (AvgIpc) is 2.01. The number of pyridine rings is 1. The summed E-state index contributed by atoms with van der Waals surface area (Å²) in [7, 11) is 0. The first kappa shape index (κ1) is 10.8. The van der Waals surface area contributed by atoms with Gasteiger partial charge >= 0.3 is 5.97 Å². The van der Waals surface area contributed by atoms with Crippen molar-refractivity contribution in [3.8, 4) is 0 Å². The van der Waals surface area contributed by atoms with E-state index < -0.39 is 12.4 Å². The number of carboxylic acid groups (broad SMARTS) is 1. The third-order valence-electron chi connectivity index (χ3n) is 1.51. The molecule has 0 saturated heterocycles. The maximum atomic E-state index is 12.2. The van der Waals surface area contributed by atoms with Gasteiger partial charge in [-0.1, -0.05) is 11.6 Å². The Balaban J connectivity index is 2.94. The number of hydrogen-bond donors (Lipinski definition) is 1. The molecule has 1 aromatic heterocycles. The number of aliphatic carboxylic acids is 1. The smallest absolute Gasteiger partial charge is 0.309 e. The summed E-state index contributed by atoms with van der Waals surface area (Å²) in [5, 5.41) is 8.24. The van der Waals surface area contributed by atoms with Gasteiger partial charge in [-0.25, -0.2) is 8.78 Å². The number of nitrogens with zero attached hydrogens (tertiary/aromatic N) is 1. The molecule has 0 radical (unpaired) electrons. The Labute approximate surface area is 83.3 Å². The highest BCUT2D eigenvalue weighted by Crippen LogP contribution is 2.26. The minimum absolute atomic E-state index is 0.159. The van der Waals surface area contributed by atoms with Crippen LogP contribution in [0.15, 0.2) is 12.3 Å². The molecular weight excluding hydrogens is 216 g/mol. The van der Waals surface area contributed by atoms with Gasteiger partial charge in [-0.05, 0) is 6.07 Å². The van der Waals surface area contributed by atoms with Crippen molar-refractivity contribution >= 4 is 17.6 Å². The van der Waals surface area contributed by atoms with Gasteiger partial charge in [0, 0.05) is 6.20 Å². The first-order valence-corrected chi connectivity index (χ1v) is 4.02. The minimum atomic E-state index is -2.70. The van der Waals surface area contributed by atoms with E-state index >= 15 is 0 Å². The van der Waals surface area contributed by atoms with Crippen LogP contribution in [-0.2, 0) is 11.2 Å². The topological polar surface area (TPSA) is 50.2 Å². The molecule has 1 aromatic rings. The molecule has 0 aromatic carbocycles. The van der Waals surface area contributed by atoms with Crippen LogP contribution in [0.3, 0.4) is 0 Å². The predicted molar refractivity (Wildman–Crippen MR) is 45.5 cm³/mol. The van der Waals surface area contributed by atoms with Crippen molar-refractivity contribution in [2.75, 3.05) is 0 Å². The van der Waals surface area contributed by atoms with E-state index in [-0.39, 0.29) is 22.7 Å².